The van der Waals surface area contributed by atoms with Crippen molar-refractivity contribution in [2.24, 2.45) is 0 Å². The average molecular weight is 225 g/mol. The molecule has 0 aromatic carbocycles. The van der Waals surface area contributed by atoms with Gasteiger partial charge in [0.15, 0.2) is 0 Å². The summed E-state index contributed by atoms with van der Waals surface area (Å²) in [5.41, 5.74) is 2.11. The molecule has 82 valence electrons. The first-order valence-electron chi connectivity index (χ1n) is 4.75. The van der Waals surface area contributed by atoms with E-state index in [2.05, 4.69) is 11.4 Å². The summed E-state index contributed by atoms with van der Waals surface area (Å²) in [6.45, 7) is 5.45. The van der Waals surface area contributed by atoms with E-state index in [0.717, 1.165) is 12.1 Å². The zero-order valence-corrected chi connectivity index (χ0v) is 9.73. The van der Waals surface area contributed by atoms with Gasteiger partial charge in [0.05, 0.1) is 0 Å². The lowest BCUT2D eigenvalue weighted by Gasteiger charge is -2.01. The molecule has 0 radical (unpaired) electrons. The second kappa shape index (κ2) is 5.68. The molecular formula is C11H15NO2S. The molecule has 0 saturated carbocycles. The fourth-order valence-corrected chi connectivity index (χ4v) is 1.91. The van der Waals surface area contributed by atoms with Gasteiger partial charge < -0.3 is 10.4 Å². The fourth-order valence-electron chi connectivity index (χ4n) is 1.15. The second-order valence-electron chi connectivity index (χ2n) is 3.49. The molecule has 0 amide bonds. The van der Waals surface area contributed by atoms with Crippen molar-refractivity contribution in [3.8, 4) is 0 Å². The van der Waals surface area contributed by atoms with Crippen LogP contribution >= 0.6 is 11.3 Å². The highest BCUT2D eigenvalue weighted by molar-refractivity contribution is 7.12. The number of hydrogen-bond donors (Lipinski definition) is 2. The molecule has 3 nitrogen and oxygen atoms in total. The first kappa shape index (κ1) is 11.9. The van der Waals surface area contributed by atoms with Crippen molar-refractivity contribution in [3.05, 3.63) is 33.5 Å². The zero-order chi connectivity index (χ0) is 11.3. The summed E-state index contributed by atoms with van der Waals surface area (Å²) in [5, 5.41) is 13.9. The second-order valence-corrected chi connectivity index (χ2v) is 4.41. The van der Waals surface area contributed by atoms with E-state index in [0.29, 0.717) is 11.4 Å². The summed E-state index contributed by atoms with van der Waals surface area (Å²) in [6, 6.07) is 1.85. The predicted molar refractivity (Wildman–Crippen MR) is 62.4 cm³/mol. The lowest BCUT2D eigenvalue weighted by Crippen LogP contribution is -2.14. The van der Waals surface area contributed by atoms with Crippen LogP contribution in [0.5, 0.6) is 0 Å². The largest absolute Gasteiger partial charge is 0.477 e. The maximum absolute atomic E-state index is 10.8. The van der Waals surface area contributed by atoms with Gasteiger partial charge in [-0.2, -0.15) is 0 Å². The summed E-state index contributed by atoms with van der Waals surface area (Å²) in [5.74, 6) is -0.844. The van der Waals surface area contributed by atoms with Gasteiger partial charge in [-0.3, -0.25) is 0 Å². The van der Waals surface area contributed by atoms with Gasteiger partial charge in [-0.25, -0.2) is 4.79 Å². The van der Waals surface area contributed by atoms with E-state index in [4.69, 9.17) is 5.11 Å². The molecule has 1 aromatic heterocycles. The van der Waals surface area contributed by atoms with Crippen LogP contribution in [-0.4, -0.2) is 17.6 Å². The quantitative estimate of drug-likeness (QED) is 0.598. The van der Waals surface area contributed by atoms with Crippen LogP contribution in [0.1, 0.15) is 29.1 Å². The van der Waals surface area contributed by atoms with Crippen LogP contribution in [0.2, 0.25) is 0 Å². The zero-order valence-electron chi connectivity index (χ0n) is 8.91. The summed E-state index contributed by atoms with van der Waals surface area (Å²) in [4.78, 5) is 11.2. The molecule has 15 heavy (non-hydrogen) atoms. The van der Waals surface area contributed by atoms with Crippen molar-refractivity contribution in [3.63, 3.8) is 0 Å². The molecule has 0 spiro atoms. The maximum atomic E-state index is 10.8. The normalized spacial score (nSPS) is 10.0. The molecule has 0 bridgehead atoms. The van der Waals surface area contributed by atoms with E-state index in [1.54, 1.807) is 5.38 Å². The van der Waals surface area contributed by atoms with Crippen LogP contribution in [0.25, 0.3) is 0 Å². The first-order chi connectivity index (χ1) is 7.11. The van der Waals surface area contributed by atoms with Crippen LogP contribution in [0, 0.1) is 0 Å². The number of allylic oxidation sites excluding steroid dienone is 1. The van der Waals surface area contributed by atoms with Crippen molar-refractivity contribution >= 4 is 17.3 Å². The number of nitrogens with one attached hydrogen (secondary N) is 1. The van der Waals surface area contributed by atoms with Crippen LogP contribution in [0.3, 0.4) is 0 Å². The molecule has 0 atom stereocenters. The molecule has 0 unspecified atom stereocenters. The fraction of sp³-hybridized carbons (Fsp3) is 0.364. The average Bonchev–Trinajstić information content (AvgIpc) is 2.60. The van der Waals surface area contributed by atoms with Gasteiger partial charge >= 0.3 is 5.97 Å². The number of carboxylic acids is 1. The van der Waals surface area contributed by atoms with Crippen LogP contribution < -0.4 is 5.32 Å². The van der Waals surface area contributed by atoms with E-state index < -0.39 is 5.97 Å². The van der Waals surface area contributed by atoms with Gasteiger partial charge in [0.1, 0.15) is 4.88 Å². The van der Waals surface area contributed by atoms with Crippen molar-refractivity contribution in [1.29, 1.82) is 0 Å². The number of hydrogen-bond acceptors (Lipinski definition) is 3. The molecule has 0 fully saturated rings. The molecular weight excluding hydrogens is 210 g/mol. The first-order valence-corrected chi connectivity index (χ1v) is 5.63. The third-order valence-electron chi connectivity index (χ3n) is 1.91. The number of aromatic carboxylic acids is 1. The van der Waals surface area contributed by atoms with Crippen LogP contribution in [-0.2, 0) is 6.54 Å². The van der Waals surface area contributed by atoms with Gasteiger partial charge in [0, 0.05) is 13.1 Å². The predicted octanol–water partition coefficient (Wildman–Crippen LogP) is 2.50. The standard InChI is InChI=1S/C11H15NO2S/c1-8(2)3-5-12-7-9-4-6-15-10(9)11(13)14/h3-4,6,12H,5,7H2,1-2H3,(H,13,14). The molecule has 1 rings (SSSR count). The summed E-state index contributed by atoms with van der Waals surface area (Å²) >= 11 is 1.27. The monoisotopic (exact) mass is 225 g/mol. The lowest BCUT2D eigenvalue weighted by atomic mass is 10.2. The van der Waals surface area contributed by atoms with Crippen LogP contribution in [0.15, 0.2) is 23.1 Å². The molecule has 2 N–H and O–H groups in total. The van der Waals surface area contributed by atoms with E-state index in [9.17, 15) is 4.79 Å². The summed E-state index contributed by atoms with van der Waals surface area (Å²) in [6.07, 6.45) is 2.08. The smallest absolute Gasteiger partial charge is 0.346 e. The Morgan fingerprint density at radius 2 is 2.33 bits per heavy atom. The molecule has 0 aliphatic rings. The maximum Gasteiger partial charge on any atom is 0.346 e. The highest BCUT2D eigenvalue weighted by atomic mass is 32.1. The molecule has 0 saturated heterocycles. The number of carbonyl (C=O) groups is 1. The minimum atomic E-state index is -0.844. The SMILES string of the molecule is CC(C)=CCNCc1ccsc1C(=O)O. The molecule has 4 heteroatoms. The summed E-state index contributed by atoms with van der Waals surface area (Å²) < 4.78 is 0. The van der Waals surface area contributed by atoms with Crippen LogP contribution in [0.4, 0.5) is 0 Å². The Balaban J connectivity index is 2.47. The Kier molecular flexibility index (Phi) is 4.52. The Labute approximate surface area is 93.4 Å². The molecule has 1 heterocycles. The van der Waals surface area contributed by atoms with Crippen molar-refractivity contribution < 1.29 is 9.90 Å². The molecule has 0 aliphatic carbocycles. The summed E-state index contributed by atoms with van der Waals surface area (Å²) in [7, 11) is 0. The molecule has 1 aromatic rings. The van der Waals surface area contributed by atoms with Crippen molar-refractivity contribution in [2.75, 3.05) is 6.54 Å². The topological polar surface area (TPSA) is 49.3 Å². The van der Waals surface area contributed by atoms with Gasteiger partial charge in [0.2, 0.25) is 0 Å². The Hall–Kier alpha value is -1.13. The highest BCUT2D eigenvalue weighted by Crippen LogP contribution is 2.16. The Morgan fingerprint density at radius 1 is 1.60 bits per heavy atom. The van der Waals surface area contributed by atoms with Gasteiger partial charge in [-0.15, -0.1) is 11.3 Å². The van der Waals surface area contributed by atoms with Crippen molar-refractivity contribution in [1.82, 2.24) is 5.32 Å². The minimum Gasteiger partial charge on any atom is -0.477 e. The van der Waals surface area contributed by atoms with Gasteiger partial charge in [-0.05, 0) is 30.9 Å². The third kappa shape index (κ3) is 3.85. The third-order valence-corrected chi connectivity index (χ3v) is 2.86. The Morgan fingerprint density at radius 3 is 2.93 bits per heavy atom. The number of thiophene rings is 1. The number of rotatable bonds is 5. The van der Waals surface area contributed by atoms with E-state index in [1.165, 1.54) is 16.9 Å². The highest BCUT2D eigenvalue weighted by Gasteiger charge is 2.10. The van der Waals surface area contributed by atoms with Gasteiger partial charge in [-0.1, -0.05) is 11.6 Å². The number of carboxylic acid groups (broad SMARTS) is 1. The van der Waals surface area contributed by atoms with Crippen molar-refractivity contribution in [2.45, 2.75) is 20.4 Å². The van der Waals surface area contributed by atoms with E-state index in [1.807, 2.05) is 19.9 Å². The lowest BCUT2D eigenvalue weighted by molar-refractivity contribution is 0.0701. The molecule has 0 aliphatic heterocycles. The van der Waals surface area contributed by atoms with E-state index in [-0.39, 0.29) is 0 Å². The minimum absolute atomic E-state index is 0.430. The van der Waals surface area contributed by atoms with Gasteiger partial charge in [0.25, 0.3) is 0 Å². The van der Waals surface area contributed by atoms with E-state index >= 15 is 0 Å². The Bertz CT molecular complexity index is 364.